The fourth-order valence-electron chi connectivity index (χ4n) is 6.30. The first-order chi connectivity index (χ1) is 22.4. The summed E-state index contributed by atoms with van der Waals surface area (Å²) in [5, 5.41) is 5.36. The van der Waals surface area contributed by atoms with Crippen LogP contribution in [0.15, 0.2) is 42.5 Å². The summed E-state index contributed by atoms with van der Waals surface area (Å²) >= 11 is 0. The Balaban J connectivity index is 1.85. The van der Waals surface area contributed by atoms with E-state index in [1.807, 2.05) is 32.0 Å². The molecule has 1 amide bonds. The number of rotatable bonds is 19. The van der Waals surface area contributed by atoms with Crippen LogP contribution in [-0.2, 0) is 43.5 Å². The first kappa shape index (κ1) is 38.6. The lowest BCUT2D eigenvalue weighted by atomic mass is 9.88. The van der Waals surface area contributed by atoms with Gasteiger partial charge >= 0.3 is 5.97 Å². The van der Waals surface area contributed by atoms with Crippen LogP contribution in [0.4, 0.5) is 8.78 Å². The van der Waals surface area contributed by atoms with Crippen LogP contribution in [0.1, 0.15) is 95.2 Å². The predicted octanol–water partition coefficient (Wildman–Crippen LogP) is 5.55. The number of nitrogens with one attached hydrogen (secondary N) is 2. The molecular formula is C36H53F2N3O5S. The van der Waals surface area contributed by atoms with Crippen molar-refractivity contribution < 1.29 is 31.5 Å². The molecule has 1 saturated carbocycles. The molecule has 8 nitrogen and oxygen atoms in total. The van der Waals surface area contributed by atoms with Crippen LogP contribution >= 0.6 is 0 Å². The summed E-state index contributed by atoms with van der Waals surface area (Å²) in [5.41, 5.74) is 9.00. The van der Waals surface area contributed by atoms with Gasteiger partial charge in [-0.25, -0.2) is 22.0 Å². The standard InChI is InChI=1S/C36H53F2N3O5S/c1-4-11-31(12-5-2)47(44,45)24-33(41-35(42)28-15-8-7-9-16-28)36(43)46-34(23-40-22-26-14-10-13-25(6-3)17-26)32(39)20-27-18-29(37)21-30(38)19-27/h10,13-14,17-19,21,28,31-34,40H,4-9,11-12,15-16,20,22-24,39H2,1-3H3,(H,41,42)/t32-,33-,34+/m0/s1. The molecule has 3 rings (SSSR count). The van der Waals surface area contributed by atoms with Crippen molar-refractivity contribution in [2.45, 2.75) is 121 Å². The Hall–Kier alpha value is -2.89. The number of hydrogen-bond acceptors (Lipinski definition) is 7. The maximum Gasteiger partial charge on any atom is 0.330 e. The molecule has 0 unspecified atom stereocenters. The number of carbonyl (C=O) groups excluding carboxylic acids is 2. The number of sulfone groups is 1. The maximum atomic E-state index is 14.0. The highest BCUT2D eigenvalue weighted by Gasteiger charge is 2.36. The molecule has 0 aromatic heterocycles. The Labute approximate surface area is 279 Å². The van der Waals surface area contributed by atoms with Crippen LogP contribution in [0.25, 0.3) is 0 Å². The number of esters is 1. The lowest BCUT2D eigenvalue weighted by Crippen LogP contribution is -2.53. The zero-order valence-corrected chi connectivity index (χ0v) is 28.9. The largest absolute Gasteiger partial charge is 0.458 e. The average molecular weight is 678 g/mol. The van der Waals surface area contributed by atoms with Gasteiger partial charge in [0, 0.05) is 31.1 Å². The highest BCUT2D eigenvalue weighted by Crippen LogP contribution is 2.24. The van der Waals surface area contributed by atoms with Gasteiger partial charge in [0.2, 0.25) is 5.91 Å². The van der Waals surface area contributed by atoms with E-state index in [2.05, 4.69) is 23.6 Å². The van der Waals surface area contributed by atoms with E-state index in [0.717, 1.165) is 37.3 Å². The van der Waals surface area contributed by atoms with Crippen molar-refractivity contribution in [3.63, 3.8) is 0 Å². The van der Waals surface area contributed by atoms with Crippen LogP contribution in [0.5, 0.6) is 0 Å². The minimum absolute atomic E-state index is 0.00784. The number of ether oxygens (including phenoxy) is 1. The zero-order valence-electron chi connectivity index (χ0n) is 28.1. The minimum Gasteiger partial charge on any atom is -0.458 e. The molecule has 11 heteroatoms. The van der Waals surface area contributed by atoms with E-state index in [1.165, 1.54) is 17.7 Å². The van der Waals surface area contributed by atoms with E-state index in [0.29, 0.717) is 50.6 Å². The van der Waals surface area contributed by atoms with Gasteiger partial charge in [-0.3, -0.25) is 4.79 Å². The third-order valence-electron chi connectivity index (χ3n) is 8.92. The molecule has 0 heterocycles. The van der Waals surface area contributed by atoms with Crippen molar-refractivity contribution in [1.82, 2.24) is 10.6 Å². The summed E-state index contributed by atoms with van der Waals surface area (Å²) in [6.07, 6.45) is 6.27. The third kappa shape index (κ3) is 12.6. The second kappa shape index (κ2) is 19.2. The summed E-state index contributed by atoms with van der Waals surface area (Å²) < 4.78 is 61.1. The molecule has 4 N–H and O–H groups in total. The van der Waals surface area contributed by atoms with Gasteiger partial charge < -0.3 is 21.1 Å². The van der Waals surface area contributed by atoms with Crippen LogP contribution in [0.2, 0.25) is 0 Å². The monoisotopic (exact) mass is 677 g/mol. The van der Waals surface area contributed by atoms with Gasteiger partial charge in [-0.15, -0.1) is 0 Å². The molecule has 2 aromatic rings. The molecule has 0 saturated heterocycles. The molecule has 3 atom stereocenters. The van der Waals surface area contributed by atoms with E-state index in [4.69, 9.17) is 10.5 Å². The van der Waals surface area contributed by atoms with E-state index < -0.39 is 56.6 Å². The van der Waals surface area contributed by atoms with Crippen LogP contribution in [0.3, 0.4) is 0 Å². The SMILES string of the molecule is CCCC(CCC)S(=O)(=O)C[C@H](NC(=O)C1CCCCC1)C(=O)O[C@H](CNCc1cccc(CC)c1)[C@@H](N)Cc1cc(F)cc(F)c1. The Morgan fingerprint density at radius 3 is 2.19 bits per heavy atom. The van der Waals surface area contributed by atoms with Crippen molar-refractivity contribution in [1.29, 1.82) is 0 Å². The second-order valence-corrected chi connectivity index (χ2v) is 15.2. The Bertz CT molecular complexity index is 1370. The molecule has 1 aliphatic rings. The molecule has 1 fully saturated rings. The molecule has 47 heavy (non-hydrogen) atoms. The van der Waals surface area contributed by atoms with Gasteiger partial charge in [0.05, 0.1) is 11.0 Å². The summed E-state index contributed by atoms with van der Waals surface area (Å²) in [6.45, 7) is 6.42. The van der Waals surface area contributed by atoms with Crippen molar-refractivity contribution in [3.05, 3.63) is 70.8 Å². The van der Waals surface area contributed by atoms with Crippen molar-refractivity contribution in [2.75, 3.05) is 12.3 Å². The Morgan fingerprint density at radius 1 is 0.936 bits per heavy atom. The summed E-state index contributed by atoms with van der Waals surface area (Å²) in [5.74, 6) is -3.63. The topological polar surface area (TPSA) is 128 Å². The quantitative estimate of drug-likeness (QED) is 0.167. The Morgan fingerprint density at radius 2 is 1.57 bits per heavy atom. The molecule has 0 spiro atoms. The molecule has 2 aromatic carbocycles. The van der Waals surface area contributed by atoms with Crippen LogP contribution in [0, 0.1) is 17.6 Å². The van der Waals surface area contributed by atoms with Crippen LogP contribution < -0.4 is 16.4 Å². The first-order valence-electron chi connectivity index (χ1n) is 17.2. The summed E-state index contributed by atoms with van der Waals surface area (Å²) in [7, 11) is -3.79. The van der Waals surface area contributed by atoms with Gasteiger partial charge in [0.25, 0.3) is 0 Å². The normalized spacial score (nSPS) is 16.1. The third-order valence-corrected chi connectivity index (χ3v) is 11.2. The Kier molecular flexibility index (Phi) is 15.7. The molecule has 1 aliphatic carbocycles. The number of nitrogens with two attached hydrogens (primary N) is 1. The highest BCUT2D eigenvalue weighted by molar-refractivity contribution is 7.92. The van der Waals surface area contributed by atoms with Gasteiger partial charge in [-0.2, -0.15) is 0 Å². The molecule has 0 bridgehead atoms. The number of benzene rings is 2. The van der Waals surface area contributed by atoms with Crippen LogP contribution in [-0.4, -0.2) is 56.0 Å². The van der Waals surface area contributed by atoms with Gasteiger partial charge in [0.1, 0.15) is 23.8 Å². The van der Waals surface area contributed by atoms with Gasteiger partial charge in [-0.1, -0.05) is 77.1 Å². The second-order valence-electron chi connectivity index (χ2n) is 12.9. The molecule has 0 radical (unpaired) electrons. The number of hydrogen-bond donors (Lipinski definition) is 3. The predicted molar refractivity (Wildman–Crippen MR) is 181 cm³/mol. The fraction of sp³-hybridized carbons (Fsp3) is 0.611. The van der Waals surface area contributed by atoms with E-state index in [-0.39, 0.29) is 24.8 Å². The molecule has 0 aliphatic heterocycles. The molecular weight excluding hydrogens is 624 g/mol. The lowest BCUT2D eigenvalue weighted by molar-refractivity contribution is -0.153. The summed E-state index contributed by atoms with van der Waals surface area (Å²) in [4.78, 5) is 27.2. The molecule has 262 valence electrons. The first-order valence-corrected chi connectivity index (χ1v) is 18.9. The highest BCUT2D eigenvalue weighted by atomic mass is 32.2. The van der Waals surface area contributed by atoms with E-state index in [1.54, 1.807) is 0 Å². The average Bonchev–Trinajstić information content (AvgIpc) is 3.03. The number of aryl methyl sites for hydroxylation is 1. The van der Waals surface area contributed by atoms with Gasteiger partial charge in [0.15, 0.2) is 9.84 Å². The smallest absolute Gasteiger partial charge is 0.330 e. The van der Waals surface area contributed by atoms with Gasteiger partial charge in [-0.05, 0) is 67.3 Å². The van der Waals surface area contributed by atoms with E-state index in [9.17, 15) is 26.8 Å². The zero-order chi connectivity index (χ0) is 34.4. The van der Waals surface area contributed by atoms with Crippen molar-refractivity contribution >= 4 is 21.7 Å². The maximum absolute atomic E-state index is 14.0. The lowest BCUT2D eigenvalue weighted by Gasteiger charge is -2.29. The van der Waals surface area contributed by atoms with Crippen molar-refractivity contribution in [2.24, 2.45) is 11.7 Å². The minimum atomic E-state index is -3.79. The van der Waals surface area contributed by atoms with E-state index >= 15 is 0 Å². The summed E-state index contributed by atoms with van der Waals surface area (Å²) in [6, 6.07) is 8.82. The number of carbonyl (C=O) groups is 2. The number of halogens is 2. The van der Waals surface area contributed by atoms with Crippen molar-refractivity contribution in [3.8, 4) is 0 Å². The fourth-order valence-corrected chi connectivity index (χ4v) is 8.45. The number of amides is 1.